The monoisotopic (exact) mass is 382 g/mol. The van der Waals surface area contributed by atoms with Gasteiger partial charge in [0.1, 0.15) is 0 Å². The summed E-state index contributed by atoms with van der Waals surface area (Å²) in [6.45, 7) is 2.78. The molecule has 1 aliphatic carbocycles. The molecule has 0 aliphatic heterocycles. The van der Waals surface area contributed by atoms with Gasteiger partial charge < -0.3 is 5.32 Å². The second-order valence-electron chi connectivity index (χ2n) is 6.82. The summed E-state index contributed by atoms with van der Waals surface area (Å²) in [7, 11) is 2.15. The molecule has 2 aromatic carbocycles. The highest BCUT2D eigenvalue weighted by Gasteiger charge is 2.25. The molecule has 1 aliphatic rings. The second-order valence-corrected chi connectivity index (χ2v) is 8.44. The van der Waals surface area contributed by atoms with E-state index in [2.05, 4.69) is 65.7 Å². The van der Waals surface area contributed by atoms with E-state index in [1.807, 2.05) is 16.8 Å². The summed E-state index contributed by atoms with van der Waals surface area (Å²) in [4.78, 5) is 2.35. The number of nitrogens with zero attached hydrogens (tertiary/aromatic N) is 3. The molecule has 1 heterocycles. The van der Waals surface area contributed by atoms with Crippen LogP contribution in [0.1, 0.15) is 29.2 Å². The van der Waals surface area contributed by atoms with E-state index in [0.29, 0.717) is 12.7 Å². The first kappa shape index (κ1) is 17.4. The molecule has 0 amide bonds. The Balaban J connectivity index is 1.49. The lowest BCUT2D eigenvalue weighted by Crippen LogP contribution is -2.26. The van der Waals surface area contributed by atoms with Crippen molar-refractivity contribution in [3.63, 3.8) is 0 Å². The number of fused-ring (bicyclic) bond motifs is 1. The van der Waals surface area contributed by atoms with Gasteiger partial charge in [-0.25, -0.2) is 4.68 Å². The minimum atomic E-state index is 0.433. The van der Waals surface area contributed by atoms with Gasteiger partial charge in [-0.15, -0.1) is 5.10 Å². The van der Waals surface area contributed by atoms with Gasteiger partial charge in [0.2, 0.25) is 5.13 Å². The summed E-state index contributed by atoms with van der Waals surface area (Å²) in [6.07, 6.45) is 2.30. The van der Waals surface area contributed by atoms with E-state index >= 15 is 0 Å². The van der Waals surface area contributed by atoms with Gasteiger partial charge in [0.05, 0.1) is 6.67 Å². The number of hydrogen-bond donors (Lipinski definition) is 1. The zero-order chi connectivity index (χ0) is 18.1. The number of aryl methyl sites for hydroxylation is 2. The molecule has 6 heteroatoms. The summed E-state index contributed by atoms with van der Waals surface area (Å²) in [5, 5.41) is 8.88. The van der Waals surface area contributed by atoms with Crippen LogP contribution in [0.4, 0.5) is 10.8 Å². The van der Waals surface area contributed by atoms with E-state index in [1.165, 1.54) is 28.0 Å². The zero-order valence-corrected chi connectivity index (χ0v) is 16.6. The smallest absolute Gasteiger partial charge is 0.209 e. The van der Waals surface area contributed by atoms with Crippen LogP contribution in [0.5, 0.6) is 0 Å². The van der Waals surface area contributed by atoms with Crippen molar-refractivity contribution >= 4 is 34.4 Å². The van der Waals surface area contributed by atoms with Crippen LogP contribution >= 0.6 is 23.6 Å². The first-order valence-corrected chi connectivity index (χ1v) is 10.0. The fourth-order valence-electron chi connectivity index (χ4n) is 3.59. The molecule has 1 aromatic heterocycles. The SMILES string of the molecule is Cc1cccc(Nc2nn(CN(C)C3CCc4ccccc43)c(=S)s2)c1. The van der Waals surface area contributed by atoms with E-state index in [1.54, 1.807) is 0 Å². The Morgan fingerprint density at radius 3 is 2.96 bits per heavy atom. The third kappa shape index (κ3) is 3.58. The lowest BCUT2D eigenvalue weighted by molar-refractivity contribution is 0.183. The minimum absolute atomic E-state index is 0.433. The van der Waals surface area contributed by atoms with Gasteiger partial charge in [-0.2, -0.15) is 0 Å². The molecular weight excluding hydrogens is 360 g/mol. The van der Waals surface area contributed by atoms with Gasteiger partial charge in [-0.05, 0) is 67.9 Å². The molecule has 3 aromatic rings. The van der Waals surface area contributed by atoms with Crippen molar-refractivity contribution in [3.05, 3.63) is 69.2 Å². The number of nitrogens with one attached hydrogen (secondary N) is 1. The number of anilines is 2. The van der Waals surface area contributed by atoms with E-state index in [9.17, 15) is 0 Å². The van der Waals surface area contributed by atoms with Crippen LogP contribution in [0.25, 0.3) is 0 Å². The van der Waals surface area contributed by atoms with Crippen LogP contribution in [0.15, 0.2) is 48.5 Å². The quantitative estimate of drug-likeness (QED) is 0.607. The van der Waals surface area contributed by atoms with E-state index in [0.717, 1.165) is 27.6 Å². The molecule has 4 nitrogen and oxygen atoms in total. The molecule has 4 rings (SSSR count). The van der Waals surface area contributed by atoms with Crippen molar-refractivity contribution in [2.24, 2.45) is 0 Å². The van der Waals surface area contributed by atoms with Gasteiger partial charge in [0.25, 0.3) is 0 Å². The first-order valence-electron chi connectivity index (χ1n) is 8.80. The van der Waals surface area contributed by atoms with Gasteiger partial charge in [0.15, 0.2) is 3.95 Å². The number of rotatable bonds is 5. The minimum Gasteiger partial charge on any atom is -0.330 e. The fourth-order valence-corrected chi connectivity index (χ4v) is 4.61. The molecule has 0 fully saturated rings. The van der Waals surface area contributed by atoms with Gasteiger partial charge in [-0.3, -0.25) is 4.90 Å². The Labute approximate surface area is 163 Å². The Morgan fingerprint density at radius 1 is 1.27 bits per heavy atom. The summed E-state index contributed by atoms with van der Waals surface area (Å²) in [5.41, 5.74) is 5.17. The largest absolute Gasteiger partial charge is 0.330 e. The van der Waals surface area contributed by atoms with Gasteiger partial charge in [0, 0.05) is 11.7 Å². The number of aromatic nitrogens is 2. The van der Waals surface area contributed by atoms with Crippen molar-refractivity contribution < 1.29 is 0 Å². The van der Waals surface area contributed by atoms with E-state index < -0.39 is 0 Å². The summed E-state index contributed by atoms with van der Waals surface area (Å²) in [5.74, 6) is 0. The van der Waals surface area contributed by atoms with Crippen LogP contribution in [-0.4, -0.2) is 21.7 Å². The van der Waals surface area contributed by atoms with Crippen molar-refractivity contribution in [1.82, 2.24) is 14.7 Å². The Morgan fingerprint density at radius 2 is 2.12 bits per heavy atom. The van der Waals surface area contributed by atoms with Crippen LogP contribution in [0.3, 0.4) is 0 Å². The molecule has 0 spiro atoms. The Kier molecular flexibility index (Phi) is 4.89. The molecule has 0 saturated carbocycles. The summed E-state index contributed by atoms with van der Waals surface area (Å²) < 4.78 is 2.71. The number of hydrogen-bond acceptors (Lipinski definition) is 5. The van der Waals surface area contributed by atoms with Crippen molar-refractivity contribution in [3.8, 4) is 0 Å². The highest BCUT2D eigenvalue weighted by Crippen LogP contribution is 2.35. The maximum atomic E-state index is 5.54. The molecule has 1 N–H and O–H groups in total. The maximum absolute atomic E-state index is 5.54. The molecule has 1 atom stereocenters. The third-order valence-corrected chi connectivity index (χ3v) is 6.09. The van der Waals surface area contributed by atoms with Gasteiger partial charge in [-0.1, -0.05) is 47.7 Å². The normalized spacial score (nSPS) is 16.0. The van der Waals surface area contributed by atoms with Crippen LogP contribution in [-0.2, 0) is 13.1 Å². The van der Waals surface area contributed by atoms with Crippen LogP contribution in [0.2, 0.25) is 0 Å². The summed E-state index contributed by atoms with van der Waals surface area (Å²) >= 11 is 7.05. The van der Waals surface area contributed by atoms with E-state index in [-0.39, 0.29) is 0 Å². The highest BCUT2D eigenvalue weighted by molar-refractivity contribution is 7.73. The predicted octanol–water partition coefficient (Wildman–Crippen LogP) is 5.30. The second kappa shape index (κ2) is 7.31. The maximum Gasteiger partial charge on any atom is 0.209 e. The molecule has 0 radical (unpaired) electrons. The topological polar surface area (TPSA) is 33.1 Å². The molecule has 26 heavy (non-hydrogen) atoms. The number of benzene rings is 2. The first-order chi connectivity index (χ1) is 12.6. The molecule has 1 unspecified atom stereocenters. The van der Waals surface area contributed by atoms with Crippen molar-refractivity contribution in [2.75, 3.05) is 12.4 Å². The Hall–Kier alpha value is -2.02. The lowest BCUT2D eigenvalue weighted by atomic mass is 10.1. The van der Waals surface area contributed by atoms with Crippen LogP contribution in [0, 0.1) is 10.9 Å². The summed E-state index contributed by atoms with van der Waals surface area (Å²) in [6, 6.07) is 17.4. The zero-order valence-electron chi connectivity index (χ0n) is 15.0. The third-order valence-electron chi connectivity index (χ3n) is 4.87. The standard InChI is InChI=1S/C20H22N4S2/c1-14-6-5-8-16(12-14)21-19-22-24(20(25)26-19)13-23(2)18-11-10-15-7-3-4-9-17(15)18/h3-9,12,18H,10-11,13H2,1-2H3,(H,21,22). The molecule has 134 valence electrons. The molecule has 0 bridgehead atoms. The average Bonchev–Trinajstić information content (AvgIpc) is 3.19. The molecule has 0 saturated heterocycles. The molecular formula is C20H22N4S2. The van der Waals surface area contributed by atoms with Crippen molar-refractivity contribution in [1.29, 1.82) is 0 Å². The average molecular weight is 383 g/mol. The van der Waals surface area contributed by atoms with E-state index in [4.69, 9.17) is 12.2 Å². The Bertz CT molecular complexity index is 976. The lowest BCUT2D eigenvalue weighted by Gasteiger charge is -2.24. The van der Waals surface area contributed by atoms with Crippen LogP contribution < -0.4 is 5.32 Å². The predicted molar refractivity (Wildman–Crippen MR) is 111 cm³/mol. The van der Waals surface area contributed by atoms with Crippen molar-refractivity contribution in [2.45, 2.75) is 32.5 Å². The fraction of sp³-hybridized carbons (Fsp3) is 0.300. The van der Waals surface area contributed by atoms with Gasteiger partial charge >= 0.3 is 0 Å². The highest BCUT2D eigenvalue weighted by atomic mass is 32.1.